The first-order chi connectivity index (χ1) is 13.2. The Labute approximate surface area is 156 Å². The van der Waals surface area contributed by atoms with Crippen molar-refractivity contribution in [2.45, 2.75) is 13.3 Å². The molecule has 0 aliphatic heterocycles. The van der Waals surface area contributed by atoms with Gasteiger partial charge >= 0.3 is 0 Å². The predicted molar refractivity (Wildman–Crippen MR) is 103 cm³/mol. The summed E-state index contributed by atoms with van der Waals surface area (Å²) in [6, 6.07) is 13.5. The highest BCUT2D eigenvalue weighted by molar-refractivity contribution is 5.62. The van der Waals surface area contributed by atoms with Gasteiger partial charge in [-0.3, -0.25) is 4.98 Å². The van der Waals surface area contributed by atoms with E-state index < -0.39 is 0 Å². The Kier molecular flexibility index (Phi) is 4.49. The van der Waals surface area contributed by atoms with E-state index in [-0.39, 0.29) is 6.01 Å². The SMILES string of the molecule is Cc1ccnc(Nc2cccc(-c3oc(N)nc3Cc3ccncc3)n2)c1. The maximum absolute atomic E-state index is 5.81. The van der Waals surface area contributed by atoms with Crippen molar-refractivity contribution >= 4 is 17.7 Å². The second kappa shape index (κ2) is 7.25. The first-order valence-electron chi connectivity index (χ1n) is 8.48. The molecule has 0 unspecified atom stereocenters. The third-order valence-corrected chi connectivity index (χ3v) is 3.99. The van der Waals surface area contributed by atoms with Crippen LogP contribution in [0.2, 0.25) is 0 Å². The van der Waals surface area contributed by atoms with Gasteiger partial charge in [0.05, 0.1) is 5.69 Å². The molecule has 27 heavy (non-hydrogen) atoms. The number of aromatic nitrogens is 4. The molecule has 4 aromatic heterocycles. The van der Waals surface area contributed by atoms with Crippen LogP contribution >= 0.6 is 0 Å². The lowest BCUT2D eigenvalue weighted by atomic mass is 10.1. The average Bonchev–Trinajstić information content (AvgIpc) is 3.03. The molecule has 0 aromatic carbocycles. The van der Waals surface area contributed by atoms with Gasteiger partial charge in [-0.05, 0) is 54.4 Å². The summed E-state index contributed by atoms with van der Waals surface area (Å²) in [6.45, 7) is 2.01. The summed E-state index contributed by atoms with van der Waals surface area (Å²) in [5, 5.41) is 3.21. The largest absolute Gasteiger partial charge is 0.422 e. The van der Waals surface area contributed by atoms with Crippen LogP contribution < -0.4 is 11.1 Å². The maximum Gasteiger partial charge on any atom is 0.292 e. The number of oxazole rings is 1. The Morgan fingerprint density at radius 3 is 2.67 bits per heavy atom. The minimum Gasteiger partial charge on any atom is -0.422 e. The van der Waals surface area contributed by atoms with Crippen molar-refractivity contribution in [2.24, 2.45) is 0 Å². The summed E-state index contributed by atoms with van der Waals surface area (Å²) in [4.78, 5) is 17.3. The van der Waals surface area contributed by atoms with Gasteiger partial charge in [0.25, 0.3) is 6.01 Å². The van der Waals surface area contributed by atoms with E-state index in [4.69, 9.17) is 10.2 Å². The van der Waals surface area contributed by atoms with E-state index in [1.54, 1.807) is 18.6 Å². The van der Waals surface area contributed by atoms with Gasteiger partial charge in [-0.15, -0.1) is 0 Å². The van der Waals surface area contributed by atoms with Gasteiger partial charge in [0.1, 0.15) is 17.3 Å². The van der Waals surface area contributed by atoms with E-state index in [0.29, 0.717) is 23.7 Å². The molecular weight excluding hydrogens is 340 g/mol. The molecule has 0 fully saturated rings. The smallest absolute Gasteiger partial charge is 0.292 e. The number of hydrogen-bond acceptors (Lipinski definition) is 7. The molecule has 0 spiro atoms. The maximum atomic E-state index is 5.81. The van der Waals surface area contributed by atoms with E-state index in [1.165, 1.54) is 0 Å². The molecule has 0 amide bonds. The molecule has 0 saturated heterocycles. The highest BCUT2D eigenvalue weighted by atomic mass is 16.4. The Hall–Kier alpha value is -3.74. The van der Waals surface area contributed by atoms with Gasteiger partial charge in [0, 0.05) is 25.0 Å². The van der Waals surface area contributed by atoms with Crippen LogP contribution in [0, 0.1) is 6.92 Å². The number of aryl methyl sites for hydroxylation is 1. The second-order valence-corrected chi connectivity index (χ2v) is 6.11. The quantitative estimate of drug-likeness (QED) is 0.560. The lowest BCUT2D eigenvalue weighted by Gasteiger charge is -2.07. The Bertz CT molecular complexity index is 1060. The van der Waals surface area contributed by atoms with Crippen LogP contribution in [0.4, 0.5) is 17.7 Å². The molecule has 0 aliphatic carbocycles. The molecule has 3 N–H and O–H groups in total. The summed E-state index contributed by atoms with van der Waals surface area (Å²) in [6.07, 6.45) is 5.83. The van der Waals surface area contributed by atoms with Gasteiger partial charge in [0.15, 0.2) is 5.76 Å². The summed E-state index contributed by atoms with van der Waals surface area (Å²) in [7, 11) is 0. The Morgan fingerprint density at radius 2 is 1.85 bits per heavy atom. The van der Waals surface area contributed by atoms with Crippen molar-refractivity contribution < 1.29 is 4.42 Å². The van der Waals surface area contributed by atoms with Gasteiger partial charge in [0.2, 0.25) is 0 Å². The van der Waals surface area contributed by atoms with Crippen LogP contribution in [0.3, 0.4) is 0 Å². The number of hydrogen-bond donors (Lipinski definition) is 2. The van der Waals surface area contributed by atoms with E-state index in [0.717, 1.165) is 22.6 Å². The summed E-state index contributed by atoms with van der Waals surface area (Å²) in [5.41, 5.74) is 9.38. The Morgan fingerprint density at radius 1 is 1.00 bits per heavy atom. The van der Waals surface area contributed by atoms with Crippen molar-refractivity contribution in [3.05, 3.63) is 77.9 Å². The standard InChI is InChI=1S/C20H18N6O/c1-13-5-10-23-18(11-13)26-17-4-2-3-15(24-17)19-16(25-20(21)27-19)12-14-6-8-22-9-7-14/h2-11H,12H2,1H3,(H2,21,25)(H,23,24,26). The zero-order chi connectivity index (χ0) is 18.6. The molecule has 4 rings (SSSR count). The molecule has 7 nitrogen and oxygen atoms in total. The third kappa shape index (κ3) is 3.92. The van der Waals surface area contributed by atoms with Crippen LogP contribution in [0.25, 0.3) is 11.5 Å². The summed E-state index contributed by atoms with van der Waals surface area (Å²) < 4.78 is 5.64. The van der Waals surface area contributed by atoms with Crippen LogP contribution in [-0.4, -0.2) is 19.9 Å². The number of pyridine rings is 3. The first-order valence-corrected chi connectivity index (χ1v) is 8.48. The molecule has 0 atom stereocenters. The lowest BCUT2D eigenvalue weighted by molar-refractivity contribution is 0.591. The first kappa shape index (κ1) is 16.7. The van der Waals surface area contributed by atoms with Gasteiger partial charge in [-0.25, -0.2) is 9.97 Å². The fourth-order valence-electron chi connectivity index (χ4n) is 2.75. The molecular formula is C20H18N6O. The third-order valence-electron chi connectivity index (χ3n) is 3.99. The lowest BCUT2D eigenvalue weighted by Crippen LogP contribution is -1.98. The molecule has 0 saturated carbocycles. The van der Waals surface area contributed by atoms with Crippen molar-refractivity contribution in [3.63, 3.8) is 0 Å². The van der Waals surface area contributed by atoms with Gasteiger partial charge in [-0.1, -0.05) is 6.07 Å². The highest BCUT2D eigenvalue weighted by Crippen LogP contribution is 2.27. The summed E-state index contributed by atoms with van der Waals surface area (Å²) >= 11 is 0. The minimum atomic E-state index is 0.120. The molecule has 7 heteroatoms. The Balaban J connectivity index is 1.64. The van der Waals surface area contributed by atoms with Gasteiger partial charge < -0.3 is 15.5 Å². The number of nitrogens with two attached hydrogens (primary N) is 1. The van der Waals surface area contributed by atoms with Crippen LogP contribution in [-0.2, 0) is 6.42 Å². The average molecular weight is 358 g/mol. The number of rotatable bonds is 5. The van der Waals surface area contributed by atoms with Crippen LogP contribution in [0.15, 0.2) is 65.5 Å². The molecule has 0 radical (unpaired) electrons. The summed E-state index contributed by atoms with van der Waals surface area (Å²) in [5.74, 6) is 1.95. The monoisotopic (exact) mass is 358 g/mol. The van der Waals surface area contributed by atoms with Crippen molar-refractivity contribution in [1.29, 1.82) is 0 Å². The number of nitrogens with zero attached hydrogens (tertiary/aromatic N) is 4. The molecule has 0 aliphatic rings. The molecule has 4 aromatic rings. The van der Waals surface area contributed by atoms with Crippen LogP contribution in [0.1, 0.15) is 16.8 Å². The predicted octanol–water partition coefficient (Wildman–Crippen LogP) is 3.75. The fourth-order valence-corrected chi connectivity index (χ4v) is 2.75. The van der Waals surface area contributed by atoms with E-state index in [1.807, 2.05) is 49.4 Å². The molecule has 134 valence electrons. The zero-order valence-electron chi connectivity index (χ0n) is 14.8. The van der Waals surface area contributed by atoms with Crippen LogP contribution in [0.5, 0.6) is 0 Å². The molecule has 0 bridgehead atoms. The highest BCUT2D eigenvalue weighted by Gasteiger charge is 2.16. The van der Waals surface area contributed by atoms with Gasteiger partial charge in [-0.2, -0.15) is 4.98 Å². The number of nitrogens with one attached hydrogen (secondary N) is 1. The van der Waals surface area contributed by atoms with Crippen molar-refractivity contribution in [2.75, 3.05) is 11.1 Å². The van der Waals surface area contributed by atoms with E-state index >= 15 is 0 Å². The number of anilines is 3. The number of nitrogen functional groups attached to an aromatic ring is 1. The zero-order valence-corrected chi connectivity index (χ0v) is 14.8. The minimum absolute atomic E-state index is 0.120. The molecule has 4 heterocycles. The van der Waals surface area contributed by atoms with Crippen molar-refractivity contribution in [3.8, 4) is 11.5 Å². The fraction of sp³-hybridized carbons (Fsp3) is 0.100. The van der Waals surface area contributed by atoms with Crippen molar-refractivity contribution in [1.82, 2.24) is 19.9 Å². The topological polar surface area (TPSA) is 103 Å². The van der Waals surface area contributed by atoms with E-state index in [2.05, 4.69) is 25.3 Å². The second-order valence-electron chi connectivity index (χ2n) is 6.11. The van der Waals surface area contributed by atoms with E-state index in [9.17, 15) is 0 Å². The normalized spacial score (nSPS) is 10.7.